The third-order valence-electron chi connectivity index (χ3n) is 1.09. The van der Waals surface area contributed by atoms with Gasteiger partial charge < -0.3 is 0 Å². The highest BCUT2D eigenvalue weighted by Crippen LogP contribution is 2.26. The number of rotatable bonds is 1. The Morgan fingerprint density at radius 1 is 1.42 bits per heavy atom. The lowest BCUT2D eigenvalue weighted by atomic mass is 10.5. The fourth-order valence-corrected chi connectivity index (χ4v) is 0.967. The molecule has 0 bridgehead atoms. The first kappa shape index (κ1) is 9.31. The molecule has 0 amide bonds. The van der Waals surface area contributed by atoms with Crippen LogP contribution in [0.4, 0.5) is 13.2 Å². The Balaban J connectivity index is 3.02. The second-order valence-corrected chi connectivity index (χ2v) is 2.75. The number of nitrogens with zero attached hydrogens (tertiary/aromatic N) is 2. The van der Waals surface area contributed by atoms with Crippen LogP contribution in [0.2, 0.25) is 0 Å². The number of aromatic nitrogens is 2. The molecule has 0 radical (unpaired) electrons. The third-order valence-corrected chi connectivity index (χ3v) is 1.74. The second kappa shape index (κ2) is 3.30. The second-order valence-electron chi connectivity index (χ2n) is 1.92. The van der Waals surface area contributed by atoms with E-state index in [-0.39, 0.29) is 0 Å². The Hall–Kier alpha value is -0.780. The number of alkyl halides is 3. The van der Waals surface area contributed by atoms with E-state index < -0.39 is 12.0 Å². The molecule has 0 saturated carbocycles. The van der Waals surface area contributed by atoms with Crippen LogP contribution in [0.5, 0.6) is 0 Å². The number of thioether (sulfide) groups is 1. The number of hydrogen-bond donors (Lipinski definition) is 0. The fraction of sp³-hybridized carbons (Fsp3) is 0.333. The molecule has 0 spiro atoms. The van der Waals surface area contributed by atoms with Gasteiger partial charge in [0.1, 0.15) is 0 Å². The SMILES string of the molecule is CSc1ccnc(C(F)(F)F)n1. The summed E-state index contributed by atoms with van der Waals surface area (Å²) in [5, 5.41) is 0.317. The van der Waals surface area contributed by atoms with Crippen molar-refractivity contribution in [2.45, 2.75) is 11.2 Å². The highest BCUT2D eigenvalue weighted by molar-refractivity contribution is 7.98. The molecule has 66 valence electrons. The summed E-state index contributed by atoms with van der Waals surface area (Å²) in [6, 6.07) is 1.43. The van der Waals surface area contributed by atoms with Crippen molar-refractivity contribution < 1.29 is 13.2 Å². The predicted octanol–water partition coefficient (Wildman–Crippen LogP) is 2.22. The first-order valence-electron chi connectivity index (χ1n) is 2.98. The quantitative estimate of drug-likeness (QED) is 0.506. The monoisotopic (exact) mass is 194 g/mol. The standard InChI is InChI=1S/C6H5F3N2S/c1-12-4-2-3-10-5(11-4)6(7,8)9/h2-3H,1H3. The van der Waals surface area contributed by atoms with E-state index in [0.29, 0.717) is 5.03 Å². The molecule has 0 aliphatic heterocycles. The maximum Gasteiger partial charge on any atom is 0.451 e. The van der Waals surface area contributed by atoms with Crippen LogP contribution in [0, 0.1) is 0 Å². The van der Waals surface area contributed by atoms with Crippen molar-refractivity contribution in [1.82, 2.24) is 9.97 Å². The van der Waals surface area contributed by atoms with Gasteiger partial charge in [0.25, 0.3) is 0 Å². The summed E-state index contributed by atoms with van der Waals surface area (Å²) in [4.78, 5) is 6.40. The molecule has 0 aliphatic carbocycles. The molecule has 0 N–H and O–H groups in total. The van der Waals surface area contributed by atoms with E-state index in [1.165, 1.54) is 6.07 Å². The van der Waals surface area contributed by atoms with Crippen molar-refractivity contribution in [3.8, 4) is 0 Å². The predicted molar refractivity (Wildman–Crippen MR) is 38.8 cm³/mol. The molecule has 0 saturated heterocycles. The van der Waals surface area contributed by atoms with Crippen LogP contribution in [-0.2, 0) is 6.18 Å². The molecule has 1 heterocycles. The summed E-state index contributed by atoms with van der Waals surface area (Å²) in [5.74, 6) is -1.09. The topological polar surface area (TPSA) is 25.8 Å². The normalized spacial score (nSPS) is 11.7. The van der Waals surface area contributed by atoms with Crippen LogP contribution in [0.25, 0.3) is 0 Å². The van der Waals surface area contributed by atoms with Crippen molar-refractivity contribution in [2.75, 3.05) is 6.26 Å². The third kappa shape index (κ3) is 2.10. The highest BCUT2D eigenvalue weighted by atomic mass is 32.2. The molecule has 2 nitrogen and oxygen atoms in total. The summed E-state index contributed by atoms with van der Waals surface area (Å²) in [7, 11) is 0. The van der Waals surface area contributed by atoms with Crippen LogP contribution < -0.4 is 0 Å². The average Bonchev–Trinajstić information content (AvgIpc) is 2.03. The van der Waals surface area contributed by atoms with E-state index >= 15 is 0 Å². The molecule has 6 heteroatoms. The van der Waals surface area contributed by atoms with Crippen LogP contribution >= 0.6 is 11.8 Å². The minimum Gasteiger partial charge on any atom is -0.233 e. The summed E-state index contributed by atoms with van der Waals surface area (Å²) in [6.45, 7) is 0. The molecule has 1 rings (SSSR count). The average molecular weight is 194 g/mol. The van der Waals surface area contributed by atoms with Gasteiger partial charge in [0.05, 0.1) is 5.03 Å². The summed E-state index contributed by atoms with van der Waals surface area (Å²) < 4.78 is 35.9. The van der Waals surface area contributed by atoms with Gasteiger partial charge in [-0.2, -0.15) is 13.2 Å². The zero-order chi connectivity index (χ0) is 9.19. The molecular formula is C6H5F3N2S. The maximum atomic E-state index is 12.0. The minimum atomic E-state index is -4.45. The zero-order valence-electron chi connectivity index (χ0n) is 6.09. The van der Waals surface area contributed by atoms with E-state index in [1.807, 2.05) is 0 Å². The van der Waals surface area contributed by atoms with Crippen molar-refractivity contribution in [3.63, 3.8) is 0 Å². The zero-order valence-corrected chi connectivity index (χ0v) is 6.91. The van der Waals surface area contributed by atoms with E-state index in [4.69, 9.17) is 0 Å². The van der Waals surface area contributed by atoms with E-state index in [0.717, 1.165) is 18.0 Å². The van der Waals surface area contributed by atoms with Gasteiger partial charge in [0.15, 0.2) is 0 Å². The van der Waals surface area contributed by atoms with Gasteiger partial charge >= 0.3 is 6.18 Å². The summed E-state index contributed by atoms with van der Waals surface area (Å²) in [5.41, 5.74) is 0. The van der Waals surface area contributed by atoms with Gasteiger partial charge in [-0.25, -0.2) is 9.97 Å². The van der Waals surface area contributed by atoms with E-state index in [9.17, 15) is 13.2 Å². The smallest absolute Gasteiger partial charge is 0.233 e. The van der Waals surface area contributed by atoms with Crippen molar-refractivity contribution in [3.05, 3.63) is 18.1 Å². The Morgan fingerprint density at radius 3 is 2.58 bits per heavy atom. The Kier molecular flexibility index (Phi) is 2.56. The molecule has 1 aromatic rings. The molecule has 0 atom stereocenters. The van der Waals surface area contributed by atoms with Gasteiger partial charge in [-0.1, -0.05) is 0 Å². The van der Waals surface area contributed by atoms with Gasteiger partial charge in [-0.15, -0.1) is 11.8 Å². The molecule has 12 heavy (non-hydrogen) atoms. The maximum absolute atomic E-state index is 12.0. The first-order valence-corrected chi connectivity index (χ1v) is 4.21. The van der Waals surface area contributed by atoms with Crippen LogP contribution in [0.15, 0.2) is 17.3 Å². The molecule has 0 aromatic carbocycles. The van der Waals surface area contributed by atoms with Crippen molar-refractivity contribution in [1.29, 1.82) is 0 Å². The number of halogens is 3. The highest BCUT2D eigenvalue weighted by Gasteiger charge is 2.34. The Bertz CT molecular complexity index is 274. The Labute approximate surface area is 71.2 Å². The van der Waals surface area contributed by atoms with Crippen LogP contribution in [-0.4, -0.2) is 16.2 Å². The van der Waals surface area contributed by atoms with Crippen LogP contribution in [0.3, 0.4) is 0 Å². The molecule has 1 aromatic heterocycles. The largest absolute Gasteiger partial charge is 0.451 e. The van der Waals surface area contributed by atoms with Gasteiger partial charge in [0.2, 0.25) is 5.82 Å². The van der Waals surface area contributed by atoms with E-state index in [1.54, 1.807) is 6.26 Å². The summed E-state index contributed by atoms with van der Waals surface area (Å²) >= 11 is 1.15. The lowest BCUT2D eigenvalue weighted by Crippen LogP contribution is -2.10. The lowest BCUT2D eigenvalue weighted by Gasteiger charge is -2.04. The lowest BCUT2D eigenvalue weighted by molar-refractivity contribution is -0.145. The molecule has 0 unspecified atom stereocenters. The number of hydrogen-bond acceptors (Lipinski definition) is 3. The molecule has 0 fully saturated rings. The first-order chi connectivity index (χ1) is 5.54. The minimum absolute atomic E-state index is 0.317. The Morgan fingerprint density at radius 2 is 2.08 bits per heavy atom. The van der Waals surface area contributed by atoms with Gasteiger partial charge in [-0.3, -0.25) is 0 Å². The fourth-order valence-electron chi connectivity index (χ4n) is 0.592. The molecular weight excluding hydrogens is 189 g/mol. The summed E-state index contributed by atoms with van der Waals surface area (Å²) in [6.07, 6.45) is -1.70. The van der Waals surface area contributed by atoms with Crippen molar-refractivity contribution in [2.24, 2.45) is 0 Å². The van der Waals surface area contributed by atoms with E-state index in [2.05, 4.69) is 9.97 Å². The van der Waals surface area contributed by atoms with Crippen LogP contribution in [0.1, 0.15) is 5.82 Å². The molecule has 0 aliphatic rings. The van der Waals surface area contributed by atoms with Gasteiger partial charge in [0, 0.05) is 6.20 Å². The van der Waals surface area contributed by atoms with Gasteiger partial charge in [-0.05, 0) is 12.3 Å². The van der Waals surface area contributed by atoms with Crippen molar-refractivity contribution >= 4 is 11.8 Å².